The standard InChI is InChI=1S/C10H9F3N2O3S/c11-10(12,13)6-2-7(16)15-9(14-6)19-3-4-1-5(4)8(17)18/h2,4-5H,1,3H2,(H,17,18)(H,14,15,16)/t4-,5+/m0/s1. The number of aromatic nitrogens is 2. The highest BCUT2D eigenvalue weighted by Gasteiger charge is 2.43. The summed E-state index contributed by atoms with van der Waals surface area (Å²) in [6.07, 6.45) is -4.17. The van der Waals surface area contributed by atoms with Gasteiger partial charge < -0.3 is 10.1 Å². The second-order valence-corrected chi connectivity index (χ2v) is 5.19. The Bertz CT molecular complexity index is 558. The van der Waals surface area contributed by atoms with Crippen LogP contribution in [-0.4, -0.2) is 26.8 Å². The highest BCUT2D eigenvalue weighted by molar-refractivity contribution is 7.99. The summed E-state index contributed by atoms with van der Waals surface area (Å²) in [7, 11) is 0. The molecule has 2 atom stereocenters. The van der Waals surface area contributed by atoms with Crippen molar-refractivity contribution in [2.24, 2.45) is 11.8 Å². The van der Waals surface area contributed by atoms with Gasteiger partial charge in [-0.3, -0.25) is 9.59 Å². The average Bonchev–Trinajstić information content (AvgIpc) is 3.04. The van der Waals surface area contributed by atoms with Crippen molar-refractivity contribution in [3.05, 3.63) is 22.1 Å². The Morgan fingerprint density at radius 2 is 2.26 bits per heavy atom. The first kappa shape index (κ1) is 13.9. The number of carboxylic acids is 1. The summed E-state index contributed by atoms with van der Waals surface area (Å²) in [4.78, 5) is 27.2. The van der Waals surface area contributed by atoms with E-state index in [-0.39, 0.29) is 11.1 Å². The lowest BCUT2D eigenvalue weighted by Gasteiger charge is -2.06. The normalized spacial score (nSPS) is 22.3. The van der Waals surface area contributed by atoms with Gasteiger partial charge in [-0.05, 0) is 12.3 Å². The summed E-state index contributed by atoms with van der Waals surface area (Å²) in [5.41, 5.74) is -2.13. The molecule has 19 heavy (non-hydrogen) atoms. The molecule has 1 aliphatic rings. The van der Waals surface area contributed by atoms with Crippen LogP contribution in [-0.2, 0) is 11.0 Å². The second-order valence-electron chi connectivity index (χ2n) is 4.19. The minimum absolute atomic E-state index is 0.0812. The van der Waals surface area contributed by atoms with Crippen molar-refractivity contribution < 1.29 is 23.1 Å². The highest BCUT2D eigenvalue weighted by Crippen LogP contribution is 2.41. The van der Waals surface area contributed by atoms with Crippen molar-refractivity contribution >= 4 is 17.7 Å². The molecule has 1 heterocycles. The van der Waals surface area contributed by atoms with Gasteiger partial charge in [0.2, 0.25) is 0 Å². The van der Waals surface area contributed by atoms with Gasteiger partial charge in [-0.15, -0.1) is 0 Å². The van der Waals surface area contributed by atoms with Crippen LogP contribution in [0.5, 0.6) is 0 Å². The third-order valence-electron chi connectivity index (χ3n) is 2.68. The lowest BCUT2D eigenvalue weighted by Crippen LogP contribution is -2.16. The number of nitrogens with zero attached hydrogens (tertiary/aromatic N) is 1. The van der Waals surface area contributed by atoms with E-state index in [1.54, 1.807) is 0 Å². The molecule has 1 saturated carbocycles. The van der Waals surface area contributed by atoms with Gasteiger partial charge >= 0.3 is 12.1 Å². The number of thioether (sulfide) groups is 1. The molecule has 0 amide bonds. The van der Waals surface area contributed by atoms with Crippen molar-refractivity contribution in [3.8, 4) is 0 Å². The number of nitrogens with one attached hydrogen (secondary N) is 1. The topological polar surface area (TPSA) is 83.0 Å². The van der Waals surface area contributed by atoms with Crippen LogP contribution >= 0.6 is 11.8 Å². The minimum atomic E-state index is -4.67. The van der Waals surface area contributed by atoms with E-state index < -0.39 is 29.3 Å². The lowest BCUT2D eigenvalue weighted by molar-refractivity contribution is -0.142. The molecule has 0 saturated heterocycles. The van der Waals surface area contributed by atoms with Crippen LogP contribution in [0.3, 0.4) is 0 Å². The summed E-state index contributed by atoms with van der Waals surface area (Å²) in [6.45, 7) is 0. The van der Waals surface area contributed by atoms with Gasteiger partial charge in [-0.2, -0.15) is 13.2 Å². The fourth-order valence-corrected chi connectivity index (χ4v) is 2.65. The summed E-state index contributed by atoms with van der Waals surface area (Å²) >= 11 is 0.927. The molecule has 104 valence electrons. The van der Waals surface area contributed by atoms with Crippen LogP contribution in [0.4, 0.5) is 13.2 Å². The SMILES string of the molecule is O=C(O)[C@@H]1C[C@H]1CSc1nc(C(F)(F)F)cc(=O)[nH]1. The van der Waals surface area contributed by atoms with Crippen LogP contribution < -0.4 is 5.56 Å². The van der Waals surface area contributed by atoms with E-state index in [1.807, 2.05) is 0 Å². The molecule has 0 unspecified atom stereocenters. The van der Waals surface area contributed by atoms with Crippen LogP contribution in [0.15, 0.2) is 16.0 Å². The Hall–Kier alpha value is -1.51. The van der Waals surface area contributed by atoms with Gasteiger partial charge in [-0.1, -0.05) is 11.8 Å². The summed E-state index contributed by atoms with van der Waals surface area (Å²) < 4.78 is 37.3. The smallest absolute Gasteiger partial charge is 0.433 e. The Morgan fingerprint density at radius 3 is 2.79 bits per heavy atom. The maximum absolute atomic E-state index is 12.4. The Labute approximate surface area is 109 Å². The first-order valence-electron chi connectivity index (χ1n) is 5.31. The Balaban J connectivity index is 2.03. The fourth-order valence-electron chi connectivity index (χ4n) is 1.57. The van der Waals surface area contributed by atoms with E-state index in [2.05, 4.69) is 9.97 Å². The van der Waals surface area contributed by atoms with E-state index in [1.165, 1.54) is 0 Å². The molecule has 0 spiro atoms. The second kappa shape index (κ2) is 4.87. The summed E-state index contributed by atoms with van der Waals surface area (Å²) in [6, 6.07) is 0.390. The molecule has 0 radical (unpaired) electrons. The van der Waals surface area contributed by atoms with Crippen LogP contribution in [0.1, 0.15) is 12.1 Å². The van der Waals surface area contributed by atoms with Gasteiger partial charge in [0.05, 0.1) is 5.92 Å². The van der Waals surface area contributed by atoms with Crippen LogP contribution in [0, 0.1) is 11.8 Å². The quantitative estimate of drug-likeness (QED) is 0.651. The molecular formula is C10H9F3N2O3S. The van der Waals surface area contributed by atoms with Crippen molar-refractivity contribution in [1.29, 1.82) is 0 Å². The largest absolute Gasteiger partial charge is 0.481 e. The molecular weight excluding hydrogens is 285 g/mol. The Morgan fingerprint density at radius 1 is 1.58 bits per heavy atom. The molecule has 0 aromatic carbocycles. The van der Waals surface area contributed by atoms with Crippen molar-refractivity contribution in [3.63, 3.8) is 0 Å². The van der Waals surface area contributed by atoms with Gasteiger partial charge in [0, 0.05) is 11.8 Å². The number of hydrogen-bond acceptors (Lipinski definition) is 4. The van der Waals surface area contributed by atoms with Crippen molar-refractivity contribution in [2.45, 2.75) is 17.8 Å². The first-order chi connectivity index (χ1) is 8.77. The lowest BCUT2D eigenvalue weighted by atomic mass is 10.3. The molecule has 0 aliphatic heterocycles. The van der Waals surface area contributed by atoms with Gasteiger partial charge in [-0.25, -0.2) is 4.98 Å². The zero-order valence-electron chi connectivity index (χ0n) is 9.40. The number of rotatable bonds is 4. The number of aliphatic carboxylic acids is 1. The van der Waals surface area contributed by atoms with E-state index in [0.29, 0.717) is 18.2 Å². The van der Waals surface area contributed by atoms with Crippen LogP contribution in [0.2, 0.25) is 0 Å². The van der Waals surface area contributed by atoms with E-state index >= 15 is 0 Å². The predicted octanol–water partition coefficient (Wildman–Crippen LogP) is 1.60. The number of hydrogen-bond donors (Lipinski definition) is 2. The average molecular weight is 294 g/mol. The third-order valence-corrected chi connectivity index (χ3v) is 3.75. The van der Waals surface area contributed by atoms with E-state index in [4.69, 9.17) is 5.11 Å². The third kappa shape index (κ3) is 3.49. The molecule has 9 heteroatoms. The molecule has 5 nitrogen and oxygen atoms in total. The zero-order chi connectivity index (χ0) is 14.2. The molecule has 1 aromatic rings. The van der Waals surface area contributed by atoms with Crippen LogP contribution in [0.25, 0.3) is 0 Å². The van der Waals surface area contributed by atoms with Gasteiger partial charge in [0.25, 0.3) is 5.56 Å². The summed E-state index contributed by atoms with van der Waals surface area (Å²) in [5.74, 6) is -1.11. The monoisotopic (exact) mass is 294 g/mol. The van der Waals surface area contributed by atoms with E-state index in [9.17, 15) is 22.8 Å². The number of halogens is 3. The van der Waals surface area contributed by atoms with Gasteiger partial charge in [0.15, 0.2) is 10.9 Å². The molecule has 1 aromatic heterocycles. The maximum atomic E-state index is 12.4. The highest BCUT2D eigenvalue weighted by atomic mass is 32.2. The first-order valence-corrected chi connectivity index (χ1v) is 6.30. The fraction of sp³-hybridized carbons (Fsp3) is 0.500. The summed E-state index contributed by atoms with van der Waals surface area (Å²) in [5, 5.41) is 8.54. The minimum Gasteiger partial charge on any atom is -0.481 e. The van der Waals surface area contributed by atoms with E-state index in [0.717, 1.165) is 11.8 Å². The molecule has 1 fully saturated rings. The number of aromatic amines is 1. The number of H-pyrrole nitrogens is 1. The molecule has 0 bridgehead atoms. The Kier molecular flexibility index (Phi) is 3.57. The van der Waals surface area contributed by atoms with Crippen molar-refractivity contribution in [1.82, 2.24) is 9.97 Å². The molecule has 2 rings (SSSR count). The van der Waals surface area contributed by atoms with Gasteiger partial charge in [0.1, 0.15) is 0 Å². The number of carboxylic acid groups (broad SMARTS) is 1. The predicted molar refractivity (Wildman–Crippen MR) is 59.8 cm³/mol. The maximum Gasteiger partial charge on any atom is 0.433 e. The molecule has 2 N–H and O–H groups in total. The molecule has 1 aliphatic carbocycles. The zero-order valence-corrected chi connectivity index (χ0v) is 10.2. The van der Waals surface area contributed by atoms with Crippen molar-refractivity contribution in [2.75, 3.05) is 5.75 Å². The number of alkyl halides is 3. The number of carbonyl (C=O) groups is 1.